The summed E-state index contributed by atoms with van der Waals surface area (Å²) >= 11 is 0. The van der Waals surface area contributed by atoms with Crippen molar-refractivity contribution in [1.29, 1.82) is 0 Å². The number of sulfonamides is 1. The number of nitrogens with one attached hydrogen (secondary N) is 2. The minimum Gasteiger partial charge on any atom is -0.348 e. The number of amides is 1. The standard InChI is InChI=1S/C22H18F4N2O3S/c23-19-10-8-17(9-11-19)21(29)27-13-15-4-6-16(7-5-15)14-28-32(30,31)20-3-1-2-18(12-20)22(24,25)26/h1-12,28H,13-14H2,(H,27,29). The summed E-state index contributed by atoms with van der Waals surface area (Å²) in [4.78, 5) is 11.6. The molecule has 0 atom stereocenters. The van der Waals surface area contributed by atoms with Gasteiger partial charge >= 0.3 is 6.18 Å². The van der Waals surface area contributed by atoms with Crippen molar-refractivity contribution >= 4 is 15.9 Å². The van der Waals surface area contributed by atoms with Crippen LogP contribution < -0.4 is 10.0 Å². The zero-order chi connectivity index (χ0) is 23.4. The van der Waals surface area contributed by atoms with Crippen molar-refractivity contribution in [2.75, 3.05) is 0 Å². The molecular formula is C22H18F4N2O3S. The lowest BCUT2D eigenvalue weighted by atomic mass is 10.1. The maximum absolute atomic E-state index is 12.9. The van der Waals surface area contributed by atoms with Gasteiger partial charge in [0.2, 0.25) is 10.0 Å². The molecule has 0 radical (unpaired) electrons. The SMILES string of the molecule is O=C(NCc1ccc(CNS(=O)(=O)c2cccc(C(F)(F)F)c2)cc1)c1ccc(F)cc1. The molecule has 0 spiro atoms. The van der Waals surface area contributed by atoms with Crippen LogP contribution in [0.4, 0.5) is 17.6 Å². The van der Waals surface area contributed by atoms with E-state index in [1.54, 1.807) is 24.3 Å². The number of carbonyl (C=O) groups excluding carboxylic acids is 1. The van der Waals surface area contributed by atoms with Crippen molar-refractivity contribution in [3.63, 3.8) is 0 Å². The summed E-state index contributed by atoms with van der Waals surface area (Å²) in [6.45, 7) is 0.0766. The topological polar surface area (TPSA) is 75.3 Å². The van der Waals surface area contributed by atoms with Crippen molar-refractivity contribution in [2.24, 2.45) is 0 Å². The summed E-state index contributed by atoms with van der Waals surface area (Å²) in [5, 5.41) is 2.68. The smallest absolute Gasteiger partial charge is 0.348 e. The average molecular weight is 466 g/mol. The highest BCUT2D eigenvalue weighted by Crippen LogP contribution is 2.30. The first-order valence-electron chi connectivity index (χ1n) is 9.33. The third-order valence-electron chi connectivity index (χ3n) is 4.52. The molecular weight excluding hydrogens is 448 g/mol. The Morgan fingerprint density at radius 3 is 2.03 bits per heavy atom. The average Bonchev–Trinajstić information content (AvgIpc) is 2.77. The van der Waals surface area contributed by atoms with Gasteiger partial charge in [-0.3, -0.25) is 4.79 Å². The molecule has 3 aromatic rings. The van der Waals surface area contributed by atoms with Gasteiger partial charge in [0.15, 0.2) is 0 Å². The normalized spacial score (nSPS) is 11.9. The second kappa shape index (κ2) is 9.49. The fourth-order valence-corrected chi connectivity index (χ4v) is 3.83. The van der Waals surface area contributed by atoms with E-state index in [4.69, 9.17) is 0 Å². The number of alkyl halides is 3. The van der Waals surface area contributed by atoms with E-state index in [0.29, 0.717) is 17.2 Å². The number of carbonyl (C=O) groups is 1. The Labute approximate surface area is 182 Å². The monoisotopic (exact) mass is 466 g/mol. The lowest BCUT2D eigenvalue weighted by Crippen LogP contribution is -2.24. The number of benzene rings is 3. The quantitative estimate of drug-likeness (QED) is 0.511. The van der Waals surface area contributed by atoms with Gasteiger partial charge in [-0.15, -0.1) is 0 Å². The molecule has 0 aliphatic heterocycles. The third-order valence-corrected chi connectivity index (χ3v) is 5.92. The Kier molecular flexibility index (Phi) is 6.95. The van der Waals surface area contributed by atoms with Crippen molar-refractivity contribution in [3.8, 4) is 0 Å². The van der Waals surface area contributed by atoms with Crippen molar-refractivity contribution in [2.45, 2.75) is 24.2 Å². The zero-order valence-electron chi connectivity index (χ0n) is 16.5. The molecule has 0 heterocycles. The number of rotatable bonds is 7. The van der Waals surface area contributed by atoms with Crippen LogP contribution in [0.25, 0.3) is 0 Å². The molecule has 2 N–H and O–H groups in total. The van der Waals surface area contributed by atoms with Gasteiger partial charge in [-0.05, 0) is 53.6 Å². The van der Waals surface area contributed by atoms with E-state index in [9.17, 15) is 30.8 Å². The summed E-state index contributed by atoms with van der Waals surface area (Å²) in [5.41, 5.74) is 0.582. The van der Waals surface area contributed by atoms with E-state index in [2.05, 4.69) is 10.0 Å². The van der Waals surface area contributed by atoms with Crippen LogP contribution >= 0.6 is 0 Å². The van der Waals surface area contributed by atoms with E-state index in [-0.39, 0.29) is 19.0 Å². The van der Waals surface area contributed by atoms with Crippen LogP contribution in [-0.4, -0.2) is 14.3 Å². The largest absolute Gasteiger partial charge is 0.416 e. The van der Waals surface area contributed by atoms with E-state index >= 15 is 0 Å². The van der Waals surface area contributed by atoms with Gasteiger partial charge in [-0.25, -0.2) is 17.5 Å². The van der Waals surface area contributed by atoms with E-state index in [0.717, 1.165) is 23.8 Å². The Hall–Kier alpha value is -3.24. The fraction of sp³-hybridized carbons (Fsp3) is 0.136. The number of halogens is 4. The highest BCUT2D eigenvalue weighted by atomic mass is 32.2. The van der Waals surface area contributed by atoms with Crippen LogP contribution in [0.3, 0.4) is 0 Å². The molecule has 0 aliphatic carbocycles. The lowest BCUT2D eigenvalue weighted by molar-refractivity contribution is -0.137. The van der Waals surface area contributed by atoms with Gasteiger partial charge in [0.25, 0.3) is 5.91 Å². The zero-order valence-corrected chi connectivity index (χ0v) is 17.3. The summed E-state index contributed by atoms with van der Waals surface area (Å²) in [5.74, 6) is -0.816. The van der Waals surface area contributed by atoms with Gasteiger partial charge in [-0.2, -0.15) is 13.2 Å². The Balaban J connectivity index is 1.57. The first-order valence-corrected chi connectivity index (χ1v) is 10.8. The van der Waals surface area contributed by atoms with Crippen LogP contribution in [0.1, 0.15) is 27.0 Å². The molecule has 1 amide bonds. The fourth-order valence-electron chi connectivity index (χ4n) is 2.76. The third kappa shape index (κ3) is 6.14. The first-order chi connectivity index (χ1) is 15.0. The summed E-state index contributed by atoms with van der Waals surface area (Å²) < 4.78 is 78.3. The van der Waals surface area contributed by atoms with Gasteiger partial charge in [-0.1, -0.05) is 30.3 Å². The highest BCUT2D eigenvalue weighted by molar-refractivity contribution is 7.89. The molecule has 0 aromatic heterocycles. The second-order valence-corrected chi connectivity index (χ2v) is 8.62. The molecule has 3 aromatic carbocycles. The summed E-state index contributed by atoms with van der Waals surface area (Å²) in [7, 11) is -4.14. The van der Waals surface area contributed by atoms with Crippen molar-refractivity contribution in [1.82, 2.24) is 10.0 Å². The molecule has 0 bridgehead atoms. The van der Waals surface area contributed by atoms with E-state index in [1.807, 2.05) is 0 Å². The second-order valence-electron chi connectivity index (χ2n) is 6.86. The van der Waals surface area contributed by atoms with Crippen LogP contribution in [-0.2, 0) is 29.3 Å². The maximum atomic E-state index is 12.9. The molecule has 32 heavy (non-hydrogen) atoms. The van der Waals surface area contributed by atoms with E-state index in [1.165, 1.54) is 24.3 Å². The molecule has 0 unspecified atom stereocenters. The van der Waals surface area contributed by atoms with Crippen LogP contribution in [0, 0.1) is 5.82 Å². The van der Waals surface area contributed by atoms with Gasteiger partial charge in [0.1, 0.15) is 5.82 Å². The molecule has 5 nitrogen and oxygen atoms in total. The van der Waals surface area contributed by atoms with Crippen LogP contribution in [0.15, 0.2) is 77.7 Å². The predicted molar refractivity (Wildman–Crippen MR) is 109 cm³/mol. The molecule has 0 fully saturated rings. The molecule has 10 heteroatoms. The summed E-state index contributed by atoms with van der Waals surface area (Å²) in [6.07, 6.45) is -4.65. The van der Waals surface area contributed by atoms with E-state index < -0.39 is 32.5 Å². The minimum atomic E-state index is -4.65. The van der Waals surface area contributed by atoms with Gasteiger partial charge in [0.05, 0.1) is 10.5 Å². The van der Waals surface area contributed by atoms with Crippen molar-refractivity contribution in [3.05, 3.63) is 101 Å². The molecule has 3 rings (SSSR count). The lowest BCUT2D eigenvalue weighted by Gasteiger charge is -2.11. The number of hydrogen-bond donors (Lipinski definition) is 2. The summed E-state index contributed by atoms with van der Waals surface area (Å²) in [6, 6.07) is 15.2. The minimum absolute atomic E-state index is 0.124. The van der Waals surface area contributed by atoms with Crippen LogP contribution in [0.5, 0.6) is 0 Å². The first kappa shape index (κ1) is 23.4. The van der Waals surface area contributed by atoms with Crippen LogP contribution in [0.2, 0.25) is 0 Å². The Bertz CT molecular complexity index is 1190. The van der Waals surface area contributed by atoms with Gasteiger partial charge in [0, 0.05) is 18.7 Å². The Morgan fingerprint density at radius 1 is 0.844 bits per heavy atom. The number of hydrogen-bond acceptors (Lipinski definition) is 3. The molecule has 0 saturated carbocycles. The highest BCUT2D eigenvalue weighted by Gasteiger charge is 2.31. The Morgan fingerprint density at radius 2 is 1.44 bits per heavy atom. The molecule has 168 valence electrons. The van der Waals surface area contributed by atoms with Crippen molar-refractivity contribution < 1.29 is 30.8 Å². The predicted octanol–water partition coefficient (Wildman–Crippen LogP) is 4.25. The molecule has 0 saturated heterocycles. The molecule has 0 aliphatic rings. The maximum Gasteiger partial charge on any atom is 0.416 e. The van der Waals surface area contributed by atoms with Gasteiger partial charge < -0.3 is 5.32 Å².